The molecule has 1 rings (SSSR count). The minimum Gasteiger partial charge on any atom is -0.268 e. The van der Waals surface area contributed by atoms with Gasteiger partial charge < -0.3 is 0 Å². The fourth-order valence-electron chi connectivity index (χ4n) is 0.857. The summed E-state index contributed by atoms with van der Waals surface area (Å²) < 4.78 is 0. The van der Waals surface area contributed by atoms with Crippen LogP contribution in [0, 0.1) is 21.6 Å². The summed E-state index contributed by atoms with van der Waals surface area (Å²) in [6.45, 7) is 0. The molecule has 14 heavy (non-hydrogen) atoms. The van der Waals surface area contributed by atoms with Crippen LogP contribution in [0.15, 0.2) is 24.3 Å². The summed E-state index contributed by atoms with van der Waals surface area (Å²) in [5, 5.41) is 20.3. The van der Waals surface area contributed by atoms with Crippen LogP contribution in [0.2, 0.25) is 0 Å². The van der Waals surface area contributed by atoms with Crippen molar-refractivity contribution in [3.63, 3.8) is 0 Å². The zero-order chi connectivity index (χ0) is 10.6. The number of amides is 1. The van der Waals surface area contributed by atoms with E-state index in [2.05, 4.69) is 0 Å². The van der Waals surface area contributed by atoms with Gasteiger partial charge in [0, 0.05) is 17.7 Å². The molecule has 0 fully saturated rings. The fraction of sp³-hybridized carbons (Fsp3) is 0. The lowest BCUT2D eigenvalue weighted by atomic mass is 10.2. The summed E-state index contributed by atoms with van der Waals surface area (Å²) in [5.74, 6) is -0.581. The molecule has 0 saturated carbocycles. The third-order valence-corrected chi connectivity index (χ3v) is 1.51. The second kappa shape index (κ2) is 4.00. The summed E-state index contributed by atoms with van der Waals surface area (Å²) in [6, 6.07) is 4.97. The molecule has 70 valence electrons. The standard InChI is InChI=1S/C8H5N3O3/c9-5-10-8(12)6-1-3-7(4-2-6)11(13)14/h1-4H,(H,10,12). The number of hydrogen-bond donors (Lipinski definition) is 1. The molecule has 0 radical (unpaired) electrons. The number of benzene rings is 1. The van der Waals surface area contributed by atoms with Crippen LogP contribution in [-0.2, 0) is 0 Å². The van der Waals surface area contributed by atoms with Gasteiger partial charge in [-0.3, -0.25) is 20.2 Å². The zero-order valence-electron chi connectivity index (χ0n) is 6.93. The van der Waals surface area contributed by atoms with Crippen molar-refractivity contribution in [1.82, 2.24) is 5.32 Å². The first kappa shape index (κ1) is 9.67. The van der Waals surface area contributed by atoms with Crippen molar-refractivity contribution in [2.75, 3.05) is 0 Å². The molecule has 0 aliphatic rings. The molecule has 1 aromatic carbocycles. The molecule has 0 spiro atoms. The maximum absolute atomic E-state index is 11.0. The molecule has 0 bridgehead atoms. The first-order chi connectivity index (χ1) is 6.65. The Hall–Kier alpha value is -2.42. The Kier molecular flexibility index (Phi) is 2.76. The second-order valence-corrected chi connectivity index (χ2v) is 2.37. The summed E-state index contributed by atoms with van der Waals surface area (Å²) in [5.41, 5.74) is 0.107. The minimum absolute atomic E-state index is 0.0986. The molecule has 0 unspecified atom stereocenters. The number of nitro groups is 1. The normalized spacial score (nSPS) is 8.79. The minimum atomic E-state index is -0.581. The monoisotopic (exact) mass is 191 g/mol. The Morgan fingerprint density at radius 1 is 1.43 bits per heavy atom. The predicted molar refractivity (Wildman–Crippen MR) is 46.2 cm³/mol. The fourth-order valence-corrected chi connectivity index (χ4v) is 0.857. The molecule has 0 aliphatic carbocycles. The average Bonchev–Trinajstić information content (AvgIpc) is 2.18. The van der Waals surface area contributed by atoms with Crippen LogP contribution >= 0.6 is 0 Å². The molecule has 0 aromatic heterocycles. The Balaban J connectivity index is 2.89. The Morgan fingerprint density at radius 3 is 2.43 bits per heavy atom. The highest BCUT2D eigenvalue weighted by molar-refractivity contribution is 5.95. The maximum atomic E-state index is 11.0. The van der Waals surface area contributed by atoms with Gasteiger partial charge in [0.25, 0.3) is 11.6 Å². The molecule has 6 heteroatoms. The van der Waals surface area contributed by atoms with Crippen LogP contribution in [-0.4, -0.2) is 10.8 Å². The van der Waals surface area contributed by atoms with Crippen molar-refractivity contribution in [3.8, 4) is 6.19 Å². The van der Waals surface area contributed by atoms with Crippen LogP contribution in [0.25, 0.3) is 0 Å². The number of rotatable bonds is 2. The number of nitriles is 1. The highest BCUT2D eigenvalue weighted by Crippen LogP contribution is 2.11. The molecule has 1 aromatic rings. The third-order valence-electron chi connectivity index (χ3n) is 1.51. The smallest absolute Gasteiger partial charge is 0.268 e. The number of hydrogen-bond acceptors (Lipinski definition) is 4. The molecule has 0 aliphatic heterocycles. The highest BCUT2D eigenvalue weighted by atomic mass is 16.6. The number of nitrogens with one attached hydrogen (secondary N) is 1. The van der Waals surface area contributed by atoms with Crippen LogP contribution in [0.3, 0.4) is 0 Å². The lowest BCUT2D eigenvalue weighted by Crippen LogP contribution is -2.16. The molecular weight excluding hydrogens is 186 g/mol. The van der Waals surface area contributed by atoms with Crippen molar-refractivity contribution in [2.45, 2.75) is 0 Å². The van der Waals surface area contributed by atoms with Gasteiger partial charge in [0.15, 0.2) is 6.19 Å². The number of nitro benzene ring substituents is 1. The van der Waals surface area contributed by atoms with E-state index < -0.39 is 10.8 Å². The summed E-state index contributed by atoms with van der Waals surface area (Å²) in [6.07, 6.45) is 1.47. The Labute approximate surface area is 78.9 Å². The van der Waals surface area contributed by atoms with Crippen molar-refractivity contribution in [1.29, 1.82) is 5.26 Å². The average molecular weight is 191 g/mol. The summed E-state index contributed by atoms with van der Waals surface area (Å²) in [7, 11) is 0. The lowest BCUT2D eigenvalue weighted by Gasteiger charge is -1.96. The van der Waals surface area contributed by atoms with E-state index in [4.69, 9.17) is 5.26 Å². The van der Waals surface area contributed by atoms with E-state index in [1.54, 1.807) is 0 Å². The summed E-state index contributed by atoms with van der Waals surface area (Å²) in [4.78, 5) is 20.7. The van der Waals surface area contributed by atoms with Gasteiger partial charge in [0.05, 0.1) is 4.92 Å². The molecular formula is C8H5N3O3. The molecule has 0 atom stereocenters. The van der Waals surface area contributed by atoms with Crippen molar-refractivity contribution >= 4 is 11.6 Å². The lowest BCUT2D eigenvalue weighted by molar-refractivity contribution is -0.384. The quantitative estimate of drug-likeness (QED) is 0.323. The van der Waals surface area contributed by atoms with Crippen molar-refractivity contribution < 1.29 is 9.72 Å². The largest absolute Gasteiger partial charge is 0.269 e. The van der Waals surface area contributed by atoms with E-state index in [1.165, 1.54) is 30.5 Å². The molecule has 1 amide bonds. The Morgan fingerprint density at radius 2 is 2.00 bits per heavy atom. The van der Waals surface area contributed by atoms with Crippen LogP contribution in [0.5, 0.6) is 0 Å². The number of non-ortho nitro benzene ring substituents is 1. The van der Waals surface area contributed by atoms with Gasteiger partial charge in [-0.05, 0) is 12.1 Å². The zero-order valence-corrected chi connectivity index (χ0v) is 6.93. The number of carbonyl (C=O) groups is 1. The van der Waals surface area contributed by atoms with Gasteiger partial charge in [0.2, 0.25) is 0 Å². The van der Waals surface area contributed by atoms with Gasteiger partial charge >= 0.3 is 0 Å². The summed E-state index contributed by atoms with van der Waals surface area (Å²) >= 11 is 0. The molecule has 1 N–H and O–H groups in total. The number of nitrogens with zero attached hydrogens (tertiary/aromatic N) is 2. The topological polar surface area (TPSA) is 96.0 Å². The van der Waals surface area contributed by atoms with E-state index in [9.17, 15) is 14.9 Å². The molecule has 0 heterocycles. The molecule has 0 saturated heterocycles. The third kappa shape index (κ3) is 2.04. The van der Waals surface area contributed by atoms with E-state index in [0.29, 0.717) is 0 Å². The maximum Gasteiger partial charge on any atom is 0.269 e. The van der Waals surface area contributed by atoms with Gasteiger partial charge in [-0.1, -0.05) is 0 Å². The van der Waals surface area contributed by atoms with Gasteiger partial charge in [-0.2, -0.15) is 5.26 Å². The second-order valence-electron chi connectivity index (χ2n) is 2.37. The SMILES string of the molecule is N#CNC(=O)c1ccc([N+](=O)[O-])cc1. The molecule has 6 nitrogen and oxygen atoms in total. The van der Waals surface area contributed by atoms with Crippen LogP contribution in [0.1, 0.15) is 10.4 Å². The first-order valence-corrected chi connectivity index (χ1v) is 3.59. The predicted octanol–water partition coefficient (Wildman–Crippen LogP) is 0.806. The van der Waals surface area contributed by atoms with Crippen LogP contribution in [0.4, 0.5) is 5.69 Å². The number of carbonyl (C=O) groups excluding carboxylic acids is 1. The Bertz CT molecular complexity index is 405. The highest BCUT2D eigenvalue weighted by Gasteiger charge is 2.08. The van der Waals surface area contributed by atoms with Gasteiger partial charge in [0.1, 0.15) is 0 Å². The van der Waals surface area contributed by atoms with Gasteiger partial charge in [-0.25, -0.2) is 0 Å². The van der Waals surface area contributed by atoms with Gasteiger partial charge in [-0.15, -0.1) is 0 Å². The van der Waals surface area contributed by atoms with Crippen LogP contribution < -0.4 is 5.32 Å². The van der Waals surface area contributed by atoms with E-state index in [0.717, 1.165) is 0 Å². The first-order valence-electron chi connectivity index (χ1n) is 3.59. The van der Waals surface area contributed by atoms with Crippen molar-refractivity contribution in [2.24, 2.45) is 0 Å². The van der Waals surface area contributed by atoms with Crippen molar-refractivity contribution in [3.05, 3.63) is 39.9 Å². The van der Waals surface area contributed by atoms with E-state index in [-0.39, 0.29) is 11.3 Å². The van der Waals surface area contributed by atoms with E-state index >= 15 is 0 Å². The van der Waals surface area contributed by atoms with E-state index in [1.807, 2.05) is 5.32 Å².